The Kier molecular flexibility index (Phi) is 6.87. The standard InChI is InChI=1S/C35H52O5/c1-9-10-19-40-29(39)32(5)16-15-31(4)17-18-34(7)23(24(31)21-32)20-25(36)27-33(6)13-11-22(28(37)38)30(2,3)26(33)12-14-35(27,34)8/h11,20,24,26-27H,9-10,12-19,21H2,1-8H3,(H,37,38)/t24-,26-,27+,31+,32-,33-,34+,35+/m0/s1. The second-order valence-corrected chi connectivity index (χ2v) is 16.1. The van der Waals surface area contributed by atoms with E-state index in [1.807, 2.05) is 12.2 Å². The van der Waals surface area contributed by atoms with Crippen LogP contribution in [0.2, 0.25) is 0 Å². The van der Waals surface area contributed by atoms with Crippen LogP contribution >= 0.6 is 0 Å². The zero-order chi connectivity index (χ0) is 29.5. The van der Waals surface area contributed by atoms with Gasteiger partial charge in [0.2, 0.25) is 0 Å². The van der Waals surface area contributed by atoms with Crippen LogP contribution in [0.3, 0.4) is 0 Å². The third kappa shape index (κ3) is 3.87. The molecule has 0 spiro atoms. The smallest absolute Gasteiger partial charge is 0.331 e. The highest BCUT2D eigenvalue weighted by molar-refractivity contribution is 5.96. The molecule has 0 heterocycles. The first-order valence-electron chi connectivity index (χ1n) is 15.9. The maximum atomic E-state index is 14.5. The van der Waals surface area contributed by atoms with Crippen LogP contribution < -0.4 is 0 Å². The van der Waals surface area contributed by atoms with Crippen LogP contribution in [0, 0.1) is 50.2 Å². The van der Waals surface area contributed by atoms with Crippen molar-refractivity contribution in [3.63, 3.8) is 0 Å². The van der Waals surface area contributed by atoms with Crippen molar-refractivity contribution < 1.29 is 24.2 Å². The monoisotopic (exact) mass is 552 g/mol. The van der Waals surface area contributed by atoms with Gasteiger partial charge in [0, 0.05) is 11.5 Å². The normalized spacial score (nSPS) is 45.6. The first kappa shape index (κ1) is 29.6. The molecule has 222 valence electrons. The van der Waals surface area contributed by atoms with Crippen LogP contribution in [0.15, 0.2) is 23.3 Å². The van der Waals surface area contributed by atoms with Gasteiger partial charge in [-0.1, -0.05) is 66.5 Å². The van der Waals surface area contributed by atoms with Crippen molar-refractivity contribution in [3.8, 4) is 0 Å². The van der Waals surface area contributed by atoms with Gasteiger partial charge >= 0.3 is 11.9 Å². The van der Waals surface area contributed by atoms with Crippen molar-refractivity contribution in [3.05, 3.63) is 23.3 Å². The van der Waals surface area contributed by atoms with E-state index in [0.717, 1.165) is 57.8 Å². The number of ketones is 1. The number of rotatable bonds is 5. The molecule has 0 unspecified atom stereocenters. The highest BCUT2D eigenvalue weighted by atomic mass is 16.5. The molecule has 40 heavy (non-hydrogen) atoms. The molecule has 5 rings (SSSR count). The van der Waals surface area contributed by atoms with Crippen LogP contribution in [0.4, 0.5) is 0 Å². The maximum absolute atomic E-state index is 14.5. The Balaban J connectivity index is 1.55. The predicted molar refractivity (Wildman–Crippen MR) is 156 cm³/mol. The van der Waals surface area contributed by atoms with E-state index in [4.69, 9.17) is 4.74 Å². The Morgan fingerprint density at radius 3 is 2.33 bits per heavy atom. The Morgan fingerprint density at radius 1 is 1.00 bits per heavy atom. The molecule has 0 bridgehead atoms. The molecule has 3 fully saturated rings. The number of esters is 1. The lowest BCUT2D eigenvalue weighted by molar-refractivity contribution is -0.177. The second kappa shape index (κ2) is 9.30. The van der Waals surface area contributed by atoms with Gasteiger partial charge in [-0.15, -0.1) is 0 Å². The van der Waals surface area contributed by atoms with E-state index in [1.54, 1.807) is 0 Å². The van der Waals surface area contributed by atoms with Gasteiger partial charge in [-0.25, -0.2) is 4.79 Å². The number of fused-ring (bicyclic) bond motifs is 7. The number of ether oxygens (including phenoxy) is 1. The first-order valence-corrected chi connectivity index (χ1v) is 15.9. The summed E-state index contributed by atoms with van der Waals surface area (Å²) in [5.41, 5.74) is 0.247. The van der Waals surface area contributed by atoms with E-state index >= 15 is 0 Å². The van der Waals surface area contributed by atoms with E-state index in [0.29, 0.717) is 18.6 Å². The lowest BCUT2D eigenvalue weighted by Gasteiger charge is -2.69. The van der Waals surface area contributed by atoms with Crippen molar-refractivity contribution in [1.82, 2.24) is 0 Å². The SMILES string of the molecule is CCCCOC(=O)[C@@]1(C)CC[C@]2(C)CC[C@]3(C)C(=CC(=O)[C@@H]4[C@@]5(C)CC=C(C(=O)O)C(C)(C)[C@@H]5CC[C@]43C)[C@@H]2C1. The molecule has 0 aromatic heterocycles. The van der Waals surface area contributed by atoms with Crippen molar-refractivity contribution >= 4 is 17.7 Å². The Morgan fingerprint density at radius 2 is 1.68 bits per heavy atom. The summed E-state index contributed by atoms with van der Waals surface area (Å²) in [6, 6.07) is 0. The number of hydrogen-bond acceptors (Lipinski definition) is 4. The number of aliphatic carboxylic acids is 1. The van der Waals surface area contributed by atoms with E-state index in [1.165, 1.54) is 5.57 Å². The topological polar surface area (TPSA) is 80.7 Å². The van der Waals surface area contributed by atoms with Crippen LogP contribution in [0.5, 0.6) is 0 Å². The molecular weight excluding hydrogens is 500 g/mol. The number of hydrogen-bond donors (Lipinski definition) is 1. The molecule has 0 aromatic rings. The molecule has 8 atom stereocenters. The van der Waals surface area contributed by atoms with Crippen molar-refractivity contribution in [2.24, 2.45) is 50.2 Å². The molecule has 1 N–H and O–H groups in total. The predicted octanol–water partition coefficient (Wildman–Crippen LogP) is 7.93. The molecule has 0 aromatic carbocycles. The highest BCUT2D eigenvalue weighted by Gasteiger charge is 2.70. The zero-order valence-electron chi connectivity index (χ0n) is 26.2. The molecule has 0 aliphatic heterocycles. The number of carboxylic acids is 1. The van der Waals surface area contributed by atoms with Crippen LogP contribution in [0.1, 0.15) is 120 Å². The van der Waals surface area contributed by atoms with Gasteiger partial charge in [-0.3, -0.25) is 9.59 Å². The molecule has 0 saturated heterocycles. The van der Waals surface area contributed by atoms with Crippen molar-refractivity contribution in [2.45, 2.75) is 120 Å². The third-order valence-electron chi connectivity index (χ3n) is 13.6. The lowest BCUT2D eigenvalue weighted by atomic mass is 9.33. The molecule has 3 saturated carbocycles. The van der Waals surface area contributed by atoms with Crippen LogP contribution in [-0.4, -0.2) is 29.4 Å². The quantitative estimate of drug-likeness (QED) is 0.277. The zero-order valence-corrected chi connectivity index (χ0v) is 26.2. The minimum atomic E-state index is -0.829. The Hall–Kier alpha value is -1.91. The van der Waals surface area contributed by atoms with Crippen molar-refractivity contribution in [2.75, 3.05) is 6.61 Å². The number of allylic oxidation sites excluding steroid dienone is 3. The van der Waals surface area contributed by atoms with Gasteiger partial charge in [-0.05, 0) is 110 Å². The molecule has 0 amide bonds. The molecule has 5 aliphatic rings. The number of carbonyl (C=O) groups excluding carboxylic acids is 2. The van der Waals surface area contributed by atoms with Gasteiger partial charge in [-0.2, -0.15) is 0 Å². The minimum absolute atomic E-state index is 0.0689. The highest BCUT2D eigenvalue weighted by Crippen LogP contribution is 2.75. The summed E-state index contributed by atoms with van der Waals surface area (Å²) in [7, 11) is 0. The fraction of sp³-hybridized carbons (Fsp3) is 0.800. The largest absolute Gasteiger partial charge is 0.478 e. The fourth-order valence-corrected chi connectivity index (χ4v) is 10.8. The maximum Gasteiger partial charge on any atom is 0.331 e. The fourth-order valence-electron chi connectivity index (χ4n) is 10.8. The molecule has 5 heteroatoms. The van der Waals surface area contributed by atoms with E-state index in [9.17, 15) is 19.5 Å². The lowest BCUT2D eigenvalue weighted by Crippen LogP contribution is -2.65. The van der Waals surface area contributed by atoms with E-state index < -0.39 is 16.8 Å². The number of carboxylic acid groups (broad SMARTS) is 1. The Bertz CT molecular complexity index is 1180. The van der Waals surface area contributed by atoms with E-state index in [2.05, 4.69) is 55.4 Å². The Labute approximate surface area is 241 Å². The van der Waals surface area contributed by atoms with Crippen LogP contribution in [-0.2, 0) is 19.1 Å². The van der Waals surface area contributed by atoms with Gasteiger partial charge in [0.15, 0.2) is 5.78 Å². The number of carbonyl (C=O) groups is 3. The van der Waals surface area contributed by atoms with E-state index in [-0.39, 0.29) is 51.2 Å². The molecular formula is C35H52O5. The summed E-state index contributed by atoms with van der Waals surface area (Å²) < 4.78 is 5.77. The molecule has 0 radical (unpaired) electrons. The van der Waals surface area contributed by atoms with Crippen LogP contribution in [0.25, 0.3) is 0 Å². The average Bonchev–Trinajstić information content (AvgIpc) is 2.85. The average molecular weight is 553 g/mol. The van der Waals surface area contributed by atoms with Crippen molar-refractivity contribution in [1.29, 1.82) is 0 Å². The molecule has 5 nitrogen and oxygen atoms in total. The number of unbranched alkanes of at least 4 members (excludes halogenated alkanes) is 1. The summed E-state index contributed by atoms with van der Waals surface area (Å²) >= 11 is 0. The van der Waals surface area contributed by atoms with Gasteiger partial charge < -0.3 is 9.84 Å². The summed E-state index contributed by atoms with van der Waals surface area (Å²) in [5, 5.41) is 9.98. The molecule has 5 aliphatic carbocycles. The van der Waals surface area contributed by atoms with Gasteiger partial charge in [0.1, 0.15) is 0 Å². The van der Waals surface area contributed by atoms with Gasteiger partial charge in [0.05, 0.1) is 12.0 Å². The summed E-state index contributed by atoms with van der Waals surface area (Å²) in [5.74, 6) is -0.479. The summed E-state index contributed by atoms with van der Waals surface area (Å²) in [6.45, 7) is 18.3. The second-order valence-electron chi connectivity index (χ2n) is 16.1. The minimum Gasteiger partial charge on any atom is -0.478 e. The summed E-state index contributed by atoms with van der Waals surface area (Å²) in [6.07, 6.45) is 13.1. The first-order chi connectivity index (χ1) is 18.5. The van der Waals surface area contributed by atoms with Gasteiger partial charge in [0.25, 0.3) is 0 Å². The third-order valence-corrected chi connectivity index (χ3v) is 13.6. The summed E-state index contributed by atoms with van der Waals surface area (Å²) in [4.78, 5) is 40.0.